The van der Waals surface area contributed by atoms with Crippen LogP contribution in [0.15, 0.2) is 40.5 Å². The van der Waals surface area contributed by atoms with Gasteiger partial charge in [0, 0.05) is 42.9 Å². The summed E-state index contributed by atoms with van der Waals surface area (Å²) in [5.74, 6) is 2.82. The summed E-state index contributed by atoms with van der Waals surface area (Å²) in [7, 11) is 3.27. The van der Waals surface area contributed by atoms with E-state index in [2.05, 4.69) is 18.3 Å². The Balaban J connectivity index is 1.60. The van der Waals surface area contributed by atoms with Crippen molar-refractivity contribution in [3.8, 4) is 11.5 Å². The molecule has 8 nitrogen and oxygen atoms in total. The number of nitrogens with zero attached hydrogens (tertiary/aromatic N) is 2. The number of carbonyl (C=O) groups is 2. The van der Waals surface area contributed by atoms with Gasteiger partial charge in [-0.05, 0) is 45.7 Å². The quantitative estimate of drug-likeness (QED) is 0.651. The summed E-state index contributed by atoms with van der Waals surface area (Å²) in [5, 5.41) is 3.13. The lowest BCUT2D eigenvalue weighted by atomic mass is 9.82. The van der Waals surface area contributed by atoms with Gasteiger partial charge in [-0.15, -0.1) is 0 Å². The Bertz CT molecular complexity index is 1140. The van der Waals surface area contributed by atoms with Crippen LogP contribution in [0.5, 0.6) is 11.5 Å². The summed E-state index contributed by atoms with van der Waals surface area (Å²) in [6, 6.07) is 7.49. The molecule has 0 bridgehead atoms. The van der Waals surface area contributed by atoms with Crippen LogP contribution in [-0.2, 0) is 0 Å². The molecule has 3 heterocycles. The average molecular weight is 482 g/mol. The fourth-order valence-corrected chi connectivity index (χ4v) is 5.45. The number of hydrogen-bond donors (Lipinski definition) is 1. The number of aryl methyl sites for hydroxylation is 2. The van der Waals surface area contributed by atoms with Crippen LogP contribution in [0.3, 0.4) is 0 Å². The fraction of sp³-hybridized carbons (Fsp3) is 0.481. The summed E-state index contributed by atoms with van der Waals surface area (Å²) >= 11 is 0. The summed E-state index contributed by atoms with van der Waals surface area (Å²) in [5.41, 5.74) is 2.07. The summed E-state index contributed by atoms with van der Waals surface area (Å²) < 4.78 is 16.5. The van der Waals surface area contributed by atoms with Crippen molar-refractivity contribution in [3.05, 3.63) is 58.7 Å². The number of piperidine rings is 1. The highest BCUT2D eigenvalue weighted by atomic mass is 16.5. The zero-order valence-corrected chi connectivity index (χ0v) is 21.4. The van der Waals surface area contributed by atoms with Crippen LogP contribution in [0, 0.1) is 13.8 Å². The zero-order chi connectivity index (χ0) is 25.3. The highest BCUT2D eigenvalue weighted by Crippen LogP contribution is 2.41. The normalized spacial score (nSPS) is 19.3. The number of hydrogen-bond acceptors (Lipinski definition) is 5. The standard InChI is InChI=1S/C27H35N3O5/c1-7-30-26(32)28-24(14-17(2)21-9-8-20(33-5)16-23(21)34-6)27(30)10-12-29(13-11-27)25(31)22-15-18(3)35-19(22)4/h8-9,14-17H,7,10-13H2,1-6H3,(H,28,32)/b24-14-/t17-/m0/s1. The number of nitrogens with one attached hydrogen (secondary N) is 1. The van der Waals surface area contributed by atoms with E-state index in [0.29, 0.717) is 43.8 Å². The van der Waals surface area contributed by atoms with E-state index in [1.165, 1.54) is 0 Å². The van der Waals surface area contributed by atoms with Crippen molar-refractivity contribution >= 4 is 11.9 Å². The number of rotatable bonds is 6. The van der Waals surface area contributed by atoms with E-state index >= 15 is 0 Å². The Kier molecular flexibility index (Phi) is 6.83. The van der Waals surface area contributed by atoms with E-state index in [-0.39, 0.29) is 17.9 Å². The Morgan fingerprint density at radius 3 is 2.49 bits per heavy atom. The van der Waals surface area contributed by atoms with Crippen LogP contribution in [-0.4, -0.2) is 61.1 Å². The molecule has 35 heavy (non-hydrogen) atoms. The molecule has 0 aliphatic carbocycles. The molecule has 0 saturated carbocycles. The van der Waals surface area contributed by atoms with Gasteiger partial charge in [-0.2, -0.15) is 0 Å². The Labute approximate surface area is 206 Å². The Morgan fingerprint density at radius 2 is 1.91 bits per heavy atom. The van der Waals surface area contributed by atoms with E-state index < -0.39 is 5.54 Å². The first-order chi connectivity index (χ1) is 16.7. The maximum absolute atomic E-state index is 13.2. The molecule has 1 aromatic heterocycles. The van der Waals surface area contributed by atoms with E-state index in [1.54, 1.807) is 20.3 Å². The molecule has 2 saturated heterocycles. The predicted molar refractivity (Wildman–Crippen MR) is 133 cm³/mol. The molecule has 2 fully saturated rings. The molecule has 2 aliphatic rings. The Hall–Kier alpha value is -3.42. The number of urea groups is 1. The molecule has 2 aromatic rings. The molecule has 8 heteroatoms. The van der Waals surface area contributed by atoms with Crippen LogP contribution >= 0.6 is 0 Å². The van der Waals surface area contributed by atoms with Crippen molar-refractivity contribution in [2.24, 2.45) is 0 Å². The van der Waals surface area contributed by atoms with Gasteiger partial charge in [0.15, 0.2) is 0 Å². The molecular weight excluding hydrogens is 446 g/mol. The summed E-state index contributed by atoms with van der Waals surface area (Å²) in [6.07, 6.45) is 3.46. The van der Waals surface area contributed by atoms with E-state index in [1.807, 2.05) is 48.8 Å². The first kappa shape index (κ1) is 24.7. The van der Waals surface area contributed by atoms with Gasteiger partial charge < -0.3 is 29.0 Å². The fourth-order valence-electron chi connectivity index (χ4n) is 5.45. The highest BCUT2D eigenvalue weighted by Gasteiger charge is 2.50. The van der Waals surface area contributed by atoms with Gasteiger partial charge in [0.25, 0.3) is 5.91 Å². The highest BCUT2D eigenvalue weighted by molar-refractivity contribution is 5.95. The molecule has 1 atom stereocenters. The minimum absolute atomic E-state index is 0.00365. The van der Waals surface area contributed by atoms with Crippen molar-refractivity contribution in [3.63, 3.8) is 0 Å². The summed E-state index contributed by atoms with van der Waals surface area (Å²) in [4.78, 5) is 29.9. The largest absolute Gasteiger partial charge is 0.497 e. The van der Waals surface area contributed by atoms with Gasteiger partial charge in [0.2, 0.25) is 0 Å². The number of allylic oxidation sites excluding steroid dienone is 1. The number of ether oxygens (including phenoxy) is 2. The maximum atomic E-state index is 13.2. The van der Waals surface area contributed by atoms with E-state index in [0.717, 1.165) is 28.5 Å². The maximum Gasteiger partial charge on any atom is 0.322 e. The third-order valence-corrected chi connectivity index (χ3v) is 7.32. The molecule has 3 amide bonds. The lowest BCUT2D eigenvalue weighted by Gasteiger charge is -2.44. The predicted octanol–water partition coefficient (Wildman–Crippen LogP) is 4.62. The topological polar surface area (TPSA) is 84.3 Å². The molecule has 1 aromatic carbocycles. The van der Waals surface area contributed by atoms with Gasteiger partial charge in [-0.1, -0.05) is 19.1 Å². The SMILES string of the molecule is CCN1C(=O)N/C(=C\[C@H](C)c2ccc(OC)cc2OC)C12CCN(C(=O)c1cc(C)oc1C)CC2. The second-order valence-corrected chi connectivity index (χ2v) is 9.30. The molecule has 188 valence electrons. The lowest BCUT2D eigenvalue weighted by Crippen LogP contribution is -2.54. The molecule has 2 aliphatic heterocycles. The third-order valence-electron chi connectivity index (χ3n) is 7.32. The average Bonchev–Trinajstić information content (AvgIpc) is 3.32. The van der Waals surface area contributed by atoms with Crippen LogP contribution in [0.25, 0.3) is 0 Å². The minimum Gasteiger partial charge on any atom is -0.497 e. The van der Waals surface area contributed by atoms with Crippen molar-refractivity contribution in [1.82, 2.24) is 15.1 Å². The van der Waals surface area contributed by atoms with Crippen LogP contribution in [0.2, 0.25) is 0 Å². The number of amides is 3. The van der Waals surface area contributed by atoms with Gasteiger partial charge in [0.05, 0.1) is 25.3 Å². The zero-order valence-electron chi connectivity index (χ0n) is 21.4. The van der Waals surface area contributed by atoms with Crippen molar-refractivity contribution in [2.75, 3.05) is 33.9 Å². The van der Waals surface area contributed by atoms with E-state index in [9.17, 15) is 9.59 Å². The monoisotopic (exact) mass is 481 g/mol. The molecule has 0 unspecified atom stereocenters. The smallest absolute Gasteiger partial charge is 0.322 e. The number of likely N-dealkylation sites (tertiary alicyclic amines) is 1. The number of carbonyl (C=O) groups excluding carboxylic acids is 2. The van der Waals surface area contributed by atoms with Gasteiger partial charge in [-0.25, -0.2) is 4.79 Å². The van der Waals surface area contributed by atoms with Crippen LogP contribution in [0.1, 0.15) is 60.0 Å². The molecule has 0 radical (unpaired) electrons. The van der Waals surface area contributed by atoms with E-state index in [4.69, 9.17) is 13.9 Å². The van der Waals surface area contributed by atoms with Gasteiger partial charge in [0.1, 0.15) is 23.0 Å². The molecule has 4 rings (SSSR count). The second kappa shape index (κ2) is 9.68. The molecule has 1 N–H and O–H groups in total. The number of likely N-dealkylation sites (N-methyl/N-ethyl adjacent to an activating group) is 1. The first-order valence-electron chi connectivity index (χ1n) is 12.1. The molecule has 1 spiro atoms. The van der Waals surface area contributed by atoms with Crippen LogP contribution in [0.4, 0.5) is 4.79 Å². The number of benzene rings is 1. The van der Waals surface area contributed by atoms with Crippen molar-refractivity contribution in [2.45, 2.75) is 52.0 Å². The lowest BCUT2D eigenvalue weighted by molar-refractivity contribution is 0.0574. The Morgan fingerprint density at radius 1 is 1.20 bits per heavy atom. The van der Waals surface area contributed by atoms with Crippen LogP contribution < -0.4 is 14.8 Å². The number of methoxy groups -OCH3 is 2. The van der Waals surface area contributed by atoms with Crippen molar-refractivity contribution < 1.29 is 23.5 Å². The van der Waals surface area contributed by atoms with Crippen molar-refractivity contribution in [1.29, 1.82) is 0 Å². The third kappa shape index (κ3) is 4.37. The second-order valence-electron chi connectivity index (χ2n) is 9.30. The summed E-state index contributed by atoms with van der Waals surface area (Å²) in [6.45, 7) is 9.47. The first-order valence-corrected chi connectivity index (χ1v) is 12.1. The van der Waals surface area contributed by atoms with Gasteiger partial charge >= 0.3 is 6.03 Å². The molecular formula is C27H35N3O5. The minimum atomic E-state index is -0.460. The van der Waals surface area contributed by atoms with Gasteiger partial charge in [-0.3, -0.25) is 4.79 Å². The number of furan rings is 1.